The molecule has 0 radical (unpaired) electrons. The van der Waals surface area contributed by atoms with Crippen molar-refractivity contribution < 1.29 is 13.2 Å². The molecule has 1 fully saturated rings. The third kappa shape index (κ3) is 4.21. The lowest BCUT2D eigenvalue weighted by Gasteiger charge is -2.13. The maximum atomic E-state index is 11.8. The lowest BCUT2D eigenvalue weighted by Crippen LogP contribution is -2.39. The Morgan fingerprint density at radius 3 is 2.80 bits per heavy atom. The number of aryl methyl sites for hydroxylation is 1. The number of sulfone groups is 1. The second kappa shape index (κ2) is 6.13. The average molecular weight is 361 g/mol. The van der Waals surface area contributed by atoms with E-state index in [1.54, 1.807) is 0 Å². The molecule has 2 N–H and O–H groups in total. The van der Waals surface area contributed by atoms with E-state index in [-0.39, 0.29) is 30.0 Å². The van der Waals surface area contributed by atoms with Gasteiger partial charge in [0.1, 0.15) is 0 Å². The highest BCUT2D eigenvalue weighted by molar-refractivity contribution is 9.10. The molecule has 1 aliphatic heterocycles. The number of hydrogen-bond donors (Lipinski definition) is 2. The number of rotatable bonds is 4. The molecule has 0 saturated carbocycles. The molecule has 0 aromatic heterocycles. The standard InChI is InChI=1S/C13H17BrN2O3S/c1-9-6-10(14)2-3-12(9)15-7-13(17)16-11-4-5-20(18,19)8-11/h2-3,6,11,15H,4-5,7-8H2,1H3,(H,16,17)/t11-/m0/s1. The van der Waals surface area contributed by atoms with E-state index < -0.39 is 9.84 Å². The molecule has 5 nitrogen and oxygen atoms in total. The van der Waals surface area contributed by atoms with E-state index >= 15 is 0 Å². The quantitative estimate of drug-likeness (QED) is 0.852. The van der Waals surface area contributed by atoms with Crippen molar-refractivity contribution in [1.82, 2.24) is 5.32 Å². The van der Waals surface area contributed by atoms with Crippen LogP contribution in [0.2, 0.25) is 0 Å². The van der Waals surface area contributed by atoms with E-state index in [1.807, 2.05) is 25.1 Å². The first-order chi connectivity index (χ1) is 9.35. The number of hydrogen-bond acceptors (Lipinski definition) is 4. The number of amides is 1. The van der Waals surface area contributed by atoms with Gasteiger partial charge in [-0.3, -0.25) is 4.79 Å². The average Bonchev–Trinajstić information content (AvgIpc) is 2.67. The van der Waals surface area contributed by atoms with Gasteiger partial charge >= 0.3 is 0 Å². The maximum absolute atomic E-state index is 11.8. The summed E-state index contributed by atoms with van der Waals surface area (Å²) in [5.74, 6) is 0.0298. The SMILES string of the molecule is Cc1cc(Br)ccc1NCC(=O)N[C@H]1CCS(=O)(=O)C1. The highest BCUT2D eigenvalue weighted by Crippen LogP contribution is 2.19. The summed E-state index contributed by atoms with van der Waals surface area (Å²) in [7, 11) is -2.96. The second-order valence-corrected chi connectivity index (χ2v) is 8.12. The van der Waals surface area contributed by atoms with Gasteiger partial charge in [0.05, 0.1) is 18.1 Å². The topological polar surface area (TPSA) is 75.3 Å². The maximum Gasteiger partial charge on any atom is 0.239 e. The van der Waals surface area contributed by atoms with Crippen molar-refractivity contribution in [2.75, 3.05) is 23.4 Å². The molecule has 110 valence electrons. The minimum atomic E-state index is -2.96. The Kier molecular flexibility index (Phi) is 4.70. The zero-order chi connectivity index (χ0) is 14.8. The molecular weight excluding hydrogens is 344 g/mol. The summed E-state index contributed by atoms with van der Waals surface area (Å²) in [5.41, 5.74) is 1.93. The summed E-state index contributed by atoms with van der Waals surface area (Å²) in [4.78, 5) is 11.8. The molecule has 7 heteroatoms. The van der Waals surface area contributed by atoms with Crippen LogP contribution in [-0.4, -0.2) is 38.4 Å². The van der Waals surface area contributed by atoms with Gasteiger partial charge in [0.15, 0.2) is 9.84 Å². The predicted molar refractivity (Wildman–Crippen MR) is 82.6 cm³/mol. The fourth-order valence-corrected chi connectivity index (χ4v) is 4.34. The number of benzene rings is 1. The molecular formula is C13H17BrN2O3S. The monoisotopic (exact) mass is 360 g/mol. The van der Waals surface area contributed by atoms with Gasteiger partial charge < -0.3 is 10.6 Å². The zero-order valence-corrected chi connectivity index (χ0v) is 13.6. The fourth-order valence-electron chi connectivity index (χ4n) is 2.19. The summed E-state index contributed by atoms with van der Waals surface area (Å²) in [6.07, 6.45) is 0.505. The number of carbonyl (C=O) groups is 1. The summed E-state index contributed by atoms with van der Waals surface area (Å²) < 4.78 is 23.6. The van der Waals surface area contributed by atoms with Crippen LogP contribution in [0, 0.1) is 6.92 Å². The molecule has 0 unspecified atom stereocenters. The van der Waals surface area contributed by atoms with Crippen LogP contribution in [0.5, 0.6) is 0 Å². The van der Waals surface area contributed by atoms with Gasteiger partial charge in [-0.1, -0.05) is 15.9 Å². The van der Waals surface area contributed by atoms with Crippen molar-refractivity contribution in [2.45, 2.75) is 19.4 Å². The van der Waals surface area contributed by atoms with Gasteiger partial charge in [0.2, 0.25) is 5.91 Å². The minimum Gasteiger partial charge on any atom is -0.376 e. The van der Waals surface area contributed by atoms with Crippen molar-refractivity contribution in [1.29, 1.82) is 0 Å². The van der Waals surface area contributed by atoms with Crippen LogP contribution in [0.15, 0.2) is 22.7 Å². The number of halogens is 1. The Morgan fingerprint density at radius 2 is 2.20 bits per heavy atom. The summed E-state index contributed by atoms with van der Waals surface area (Å²) in [6, 6.07) is 5.51. The Morgan fingerprint density at radius 1 is 1.45 bits per heavy atom. The summed E-state index contributed by atoms with van der Waals surface area (Å²) in [6.45, 7) is 2.09. The predicted octanol–water partition coefficient (Wildman–Crippen LogP) is 1.47. The van der Waals surface area contributed by atoms with E-state index in [9.17, 15) is 13.2 Å². The van der Waals surface area contributed by atoms with Crippen LogP contribution in [0.3, 0.4) is 0 Å². The van der Waals surface area contributed by atoms with Crippen LogP contribution in [0.4, 0.5) is 5.69 Å². The van der Waals surface area contributed by atoms with Gasteiger partial charge in [-0.15, -0.1) is 0 Å². The molecule has 0 aliphatic carbocycles. The first kappa shape index (κ1) is 15.3. The number of anilines is 1. The first-order valence-corrected chi connectivity index (χ1v) is 8.97. The molecule has 1 saturated heterocycles. The summed E-state index contributed by atoms with van der Waals surface area (Å²) in [5, 5.41) is 5.80. The van der Waals surface area contributed by atoms with Gasteiger partial charge in [0.25, 0.3) is 0 Å². The number of nitrogens with one attached hydrogen (secondary N) is 2. The van der Waals surface area contributed by atoms with Crippen LogP contribution in [0.1, 0.15) is 12.0 Å². The molecule has 1 heterocycles. The van der Waals surface area contributed by atoms with Gasteiger partial charge in [-0.25, -0.2) is 8.42 Å². The van der Waals surface area contributed by atoms with Gasteiger partial charge in [0, 0.05) is 16.2 Å². The molecule has 1 amide bonds. The van der Waals surface area contributed by atoms with E-state index in [2.05, 4.69) is 26.6 Å². The van der Waals surface area contributed by atoms with Crippen molar-refractivity contribution in [3.8, 4) is 0 Å². The van der Waals surface area contributed by atoms with Crippen LogP contribution in [-0.2, 0) is 14.6 Å². The number of carbonyl (C=O) groups excluding carboxylic acids is 1. The van der Waals surface area contributed by atoms with Crippen molar-refractivity contribution in [3.63, 3.8) is 0 Å². The molecule has 2 rings (SSSR count). The molecule has 20 heavy (non-hydrogen) atoms. The Bertz CT molecular complexity index is 616. The zero-order valence-electron chi connectivity index (χ0n) is 11.1. The Balaban J connectivity index is 1.84. The van der Waals surface area contributed by atoms with Crippen LogP contribution >= 0.6 is 15.9 Å². The van der Waals surface area contributed by atoms with E-state index in [1.165, 1.54) is 0 Å². The second-order valence-electron chi connectivity index (χ2n) is 4.98. The van der Waals surface area contributed by atoms with Crippen molar-refractivity contribution >= 4 is 37.4 Å². The lowest BCUT2D eigenvalue weighted by atomic mass is 10.2. The van der Waals surface area contributed by atoms with E-state index in [0.29, 0.717) is 6.42 Å². The largest absolute Gasteiger partial charge is 0.376 e. The third-order valence-corrected chi connectivity index (χ3v) is 5.49. The van der Waals surface area contributed by atoms with E-state index in [4.69, 9.17) is 0 Å². The molecule has 1 atom stereocenters. The molecule has 1 aromatic rings. The Labute approximate surface area is 127 Å². The van der Waals surface area contributed by atoms with E-state index in [0.717, 1.165) is 15.7 Å². The van der Waals surface area contributed by atoms with Gasteiger partial charge in [-0.2, -0.15) is 0 Å². The highest BCUT2D eigenvalue weighted by atomic mass is 79.9. The molecule has 1 aromatic carbocycles. The third-order valence-electron chi connectivity index (χ3n) is 3.23. The molecule has 0 spiro atoms. The lowest BCUT2D eigenvalue weighted by molar-refractivity contribution is -0.119. The summed E-state index contributed by atoms with van der Waals surface area (Å²) >= 11 is 3.38. The highest BCUT2D eigenvalue weighted by Gasteiger charge is 2.28. The first-order valence-electron chi connectivity index (χ1n) is 6.35. The smallest absolute Gasteiger partial charge is 0.239 e. The van der Waals surface area contributed by atoms with Gasteiger partial charge in [-0.05, 0) is 37.1 Å². The van der Waals surface area contributed by atoms with Crippen molar-refractivity contribution in [2.24, 2.45) is 0 Å². The minimum absolute atomic E-state index is 0.0516. The van der Waals surface area contributed by atoms with Crippen molar-refractivity contribution in [3.05, 3.63) is 28.2 Å². The van der Waals surface area contributed by atoms with Crippen LogP contribution in [0.25, 0.3) is 0 Å². The van der Waals surface area contributed by atoms with Crippen LogP contribution < -0.4 is 10.6 Å². The fraction of sp³-hybridized carbons (Fsp3) is 0.462. The molecule has 1 aliphatic rings. The molecule has 0 bridgehead atoms. The Hall–Kier alpha value is -1.08. The normalized spacial score (nSPS) is 20.6.